The highest BCUT2D eigenvalue weighted by Gasteiger charge is 2.27. The number of sulfone groups is 1. The van der Waals surface area contributed by atoms with Crippen molar-refractivity contribution in [2.75, 3.05) is 5.75 Å². The average molecular weight is 359 g/mol. The van der Waals surface area contributed by atoms with Crippen molar-refractivity contribution in [1.82, 2.24) is 0 Å². The summed E-state index contributed by atoms with van der Waals surface area (Å²) in [5.74, 6) is 0.440. The second-order valence-electron chi connectivity index (χ2n) is 7.87. The summed E-state index contributed by atoms with van der Waals surface area (Å²) in [6.45, 7) is 2.27. The summed E-state index contributed by atoms with van der Waals surface area (Å²) >= 11 is 0. The van der Waals surface area contributed by atoms with E-state index in [4.69, 9.17) is 0 Å². The van der Waals surface area contributed by atoms with E-state index in [-0.39, 0.29) is 5.25 Å². The Morgan fingerprint density at radius 2 is 1.00 bits per heavy atom. The van der Waals surface area contributed by atoms with Crippen molar-refractivity contribution in [2.24, 2.45) is 0 Å². The number of unbranched alkanes of at least 4 members (excludes halogenated alkanes) is 13. The highest BCUT2D eigenvalue weighted by atomic mass is 32.2. The first kappa shape index (κ1) is 22.0. The molecule has 0 spiro atoms. The van der Waals surface area contributed by atoms with Crippen LogP contribution in [0.1, 0.15) is 122 Å². The topological polar surface area (TPSA) is 34.1 Å². The van der Waals surface area contributed by atoms with Gasteiger partial charge < -0.3 is 0 Å². The Kier molecular flexibility index (Phi) is 13.0. The van der Waals surface area contributed by atoms with Gasteiger partial charge in [-0.2, -0.15) is 0 Å². The van der Waals surface area contributed by atoms with Crippen LogP contribution < -0.4 is 0 Å². The van der Waals surface area contributed by atoms with Crippen LogP contribution in [-0.4, -0.2) is 19.4 Å². The zero-order valence-corrected chi connectivity index (χ0v) is 17.1. The molecule has 1 fully saturated rings. The lowest BCUT2D eigenvalue weighted by Crippen LogP contribution is -2.20. The van der Waals surface area contributed by atoms with Gasteiger partial charge in [0.15, 0.2) is 9.84 Å². The summed E-state index contributed by atoms with van der Waals surface area (Å²) in [7, 11) is -2.78. The number of hydrogen-bond donors (Lipinski definition) is 0. The van der Waals surface area contributed by atoms with E-state index in [1.54, 1.807) is 0 Å². The van der Waals surface area contributed by atoms with Crippen LogP contribution >= 0.6 is 0 Å². The van der Waals surface area contributed by atoms with Gasteiger partial charge in [0.2, 0.25) is 0 Å². The molecule has 0 heterocycles. The minimum atomic E-state index is -2.78. The summed E-state index contributed by atoms with van der Waals surface area (Å²) in [6.07, 6.45) is 22.5. The fourth-order valence-electron chi connectivity index (χ4n) is 3.91. The van der Waals surface area contributed by atoms with Gasteiger partial charge in [-0.05, 0) is 19.3 Å². The minimum absolute atomic E-state index is 0.000488. The molecule has 0 aliphatic heterocycles. The molecule has 0 saturated heterocycles. The van der Waals surface area contributed by atoms with Crippen LogP contribution in [0.25, 0.3) is 0 Å². The third-order valence-electron chi connectivity index (χ3n) is 5.59. The van der Waals surface area contributed by atoms with E-state index < -0.39 is 9.84 Å². The van der Waals surface area contributed by atoms with Crippen molar-refractivity contribution in [3.63, 3.8) is 0 Å². The van der Waals surface area contributed by atoms with Crippen LogP contribution in [0.2, 0.25) is 0 Å². The Hall–Kier alpha value is -0.0500. The fourth-order valence-corrected chi connectivity index (χ4v) is 5.90. The van der Waals surface area contributed by atoms with E-state index >= 15 is 0 Å². The molecular weight excluding hydrogens is 316 g/mol. The van der Waals surface area contributed by atoms with Crippen LogP contribution in [0, 0.1) is 0 Å². The van der Waals surface area contributed by atoms with Crippen molar-refractivity contribution in [1.29, 1.82) is 0 Å². The summed E-state index contributed by atoms with van der Waals surface area (Å²) in [5, 5.41) is -0.000488. The largest absolute Gasteiger partial charge is 0.229 e. The van der Waals surface area contributed by atoms with Crippen molar-refractivity contribution >= 4 is 9.84 Å². The molecule has 1 saturated carbocycles. The first-order valence-electron chi connectivity index (χ1n) is 10.9. The van der Waals surface area contributed by atoms with Gasteiger partial charge >= 0.3 is 0 Å². The molecule has 0 bridgehead atoms. The van der Waals surface area contributed by atoms with Crippen LogP contribution in [0.4, 0.5) is 0 Å². The summed E-state index contributed by atoms with van der Waals surface area (Å²) < 4.78 is 24.3. The third kappa shape index (κ3) is 10.7. The standard InChI is InChI=1S/C21H42O2S/c1-2-3-4-5-6-7-8-9-10-11-12-13-14-17-20-24(22,23)21-18-15-16-19-21/h21H,2-20H2,1H3. The Morgan fingerprint density at radius 3 is 1.42 bits per heavy atom. The van der Waals surface area contributed by atoms with Gasteiger partial charge in [-0.3, -0.25) is 0 Å². The molecular formula is C21H42O2S. The Balaban J connectivity index is 1.80. The molecule has 0 aromatic carbocycles. The molecule has 1 aliphatic rings. The van der Waals surface area contributed by atoms with Crippen LogP contribution in [0.5, 0.6) is 0 Å². The van der Waals surface area contributed by atoms with Crippen molar-refractivity contribution in [3.8, 4) is 0 Å². The third-order valence-corrected chi connectivity index (χ3v) is 7.94. The number of rotatable bonds is 16. The normalized spacial score (nSPS) is 16.0. The van der Waals surface area contributed by atoms with Gasteiger partial charge in [0.05, 0.1) is 11.0 Å². The van der Waals surface area contributed by atoms with E-state index in [0.717, 1.165) is 38.5 Å². The van der Waals surface area contributed by atoms with Gasteiger partial charge in [-0.15, -0.1) is 0 Å². The molecule has 0 amide bonds. The molecule has 1 aliphatic carbocycles. The quantitative estimate of drug-likeness (QED) is 0.283. The van der Waals surface area contributed by atoms with Crippen molar-refractivity contribution in [2.45, 2.75) is 128 Å². The molecule has 0 radical (unpaired) electrons. The second-order valence-corrected chi connectivity index (χ2v) is 10.3. The molecule has 24 heavy (non-hydrogen) atoms. The molecule has 0 unspecified atom stereocenters. The first-order chi connectivity index (χ1) is 11.7. The first-order valence-corrected chi connectivity index (χ1v) is 12.6. The van der Waals surface area contributed by atoms with E-state index in [1.807, 2.05) is 0 Å². The van der Waals surface area contributed by atoms with Gasteiger partial charge in [0.1, 0.15) is 0 Å². The van der Waals surface area contributed by atoms with Gasteiger partial charge in [-0.25, -0.2) is 8.42 Å². The zero-order chi connectivity index (χ0) is 17.5. The maximum Gasteiger partial charge on any atom is 0.153 e. The molecule has 0 aromatic rings. The molecule has 144 valence electrons. The minimum Gasteiger partial charge on any atom is -0.229 e. The highest BCUT2D eigenvalue weighted by Crippen LogP contribution is 2.26. The Morgan fingerprint density at radius 1 is 0.625 bits per heavy atom. The highest BCUT2D eigenvalue weighted by molar-refractivity contribution is 7.92. The van der Waals surface area contributed by atoms with Gasteiger partial charge in [0.25, 0.3) is 0 Å². The van der Waals surface area contributed by atoms with Crippen LogP contribution in [-0.2, 0) is 9.84 Å². The molecule has 0 N–H and O–H groups in total. The summed E-state index contributed by atoms with van der Waals surface area (Å²) in [4.78, 5) is 0. The van der Waals surface area contributed by atoms with Crippen molar-refractivity contribution < 1.29 is 8.42 Å². The predicted octanol–water partition coefficient (Wildman–Crippen LogP) is 6.83. The maximum atomic E-state index is 12.2. The Bertz CT molecular complexity index is 369. The second kappa shape index (κ2) is 14.2. The molecule has 0 aromatic heterocycles. The monoisotopic (exact) mass is 358 g/mol. The van der Waals surface area contributed by atoms with E-state index in [0.29, 0.717) is 5.75 Å². The molecule has 1 rings (SSSR count). The summed E-state index contributed by atoms with van der Waals surface area (Å²) in [5.41, 5.74) is 0. The lowest BCUT2D eigenvalue weighted by Gasteiger charge is -2.10. The van der Waals surface area contributed by atoms with Gasteiger partial charge in [-0.1, -0.05) is 103 Å². The van der Waals surface area contributed by atoms with Crippen LogP contribution in [0.3, 0.4) is 0 Å². The van der Waals surface area contributed by atoms with Crippen LogP contribution in [0.15, 0.2) is 0 Å². The molecule has 3 heteroatoms. The Labute approximate surface area is 152 Å². The lowest BCUT2D eigenvalue weighted by molar-refractivity contribution is 0.536. The van der Waals surface area contributed by atoms with Gasteiger partial charge in [0, 0.05) is 0 Å². The van der Waals surface area contributed by atoms with Crippen molar-refractivity contribution in [3.05, 3.63) is 0 Å². The number of hydrogen-bond acceptors (Lipinski definition) is 2. The zero-order valence-electron chi connectivity index (χ0n) is 16.2. The molecule has 2 nitrogen and oxygen atoms in total. The SMILES string of the molecule is CCCCCCCCCCCCCCCCS(=O)(=O)C1CCCC1. The fraction of sp³-hybridized carbons (Fsp3) is 1.00. The average Bonchev–Trinajstić information content (AvgIpc) is 3.10. The lowest BCUT2D eigenvalue weighted by atomic mass is 10.0. The predicted molar refractivity (Wildman–Crippen MR) is 106 cm³/mol. The van der Waals surface area contributed by atoms with E-state index in [1.165, 1.54) is 77.0 Å². The summed E-state index contributed by atoms with van der Waals surface area (Å²) in [6, 6.07) is 0. The maximum absolute atomic E-state index is 12.2. The smallest absolute Gasteiger partial charge is 0.153 e. The molecule has 0 atom stereocenters. The van der Waals surface area contributed by atoms with E-state index in [2.05, 4.69) is 6.92 Å². The van der Waals surface area contributed by atoms with E-state index in [9.17, 15) is 8.42 Å².